The molecule has 204 valence electrons. The number of guanidine groups is 1. The highest BCUT2D eigenvalue weighted by atomic mass is 35.5. The first-order chi connectivity index (χ1) is 19.0. The molecule has 5 aliphatic heterocycles. The van der Waals surface area contributed by atoms with Gasteiger partial charge in [-0.15, -0.1) is 0 Å². The van der Waals surface area contributed by atoms with Crippen LogP contribution in [-0.2, 0) is 15.0 Å². The van der Waals surface area contributed by atoms with Gasteiger partial charge >= 0.3 is 0 Å². The molecule has 2 fully saturated rings. The average molecular weight is 571 g/mol. The average Bonchev–Trinajstić information content (AvgIpc) is 3.54. The molecule has 4 unspecified atom stereocenters. The summed E-state index contributed by atoms with van der Waals surface area (Å²) in [5, 5.41) is 3.98. The van der Waals surface area contributed by atoms with Gasteiger partial charge in [-0.05, 0) is 48.9 Å². The molecular formula is C25H28Cl2N10O2. The van der Waals surface area contributed by atoms with Crippen molar-refractivity contribution in [2.45, 2.75) is 61.8 Å². The molecule has 14 heteroatoms. The van der Waals surface area contributed by atoms with Gasteiger partial charge in [0.05, 0.1) is 42.2 Å². The highest BCUT2D eigenvalue weighted by molar-refractivity contribution is 6.29. The summed E-state index contributed by atoms with van der Waals surface area (Å²) in [5.41, 5.74) is 1.90. The maximum Gasteiger partial charge on any atom is 0.224 e. The van der Waals surface area contributed by atoms with Gasteiger partial charge in [0.2, 0.25) is 22.5 Å². The van der Waals surface area contributed by atoms with Gasteiger partial charge in [-0.2, -0.15) is 9.97 Å². The summed E-state index contributed by atoms with van der Waals surface area (Å²) < 4.78 is 15.4. The van der Waals surface area contributed by atoms with Crippen molar-refractivity contribution in [3.63, 3.8) is 0 Å². The number of rotatable bonds is 1. The number of nitrogens with zero attached hydrogens (tertiary/aromatic N) is 9. The molecule has 3 aromatic rings. The van der Waals surface area contributed by atoms with Crippen molar-refractivity contribution < 1.29 is 9.47 Å². The van der Waals surface area contributed by atoms with E-state index in [4.69, 9.17) is 42.7 Å². The van der Waals surface area contributed by atoms with Gasteiger partial charge in [0.25, 0.3) is 0 Å². The number of fused-ring (bicyclic) bond motifs is 8. The van der Waals surface area contributed by atoms with E-state index in [1.807, 2.05) is 7.05 Å². The summed E-state index contributed by atoms with van der Waals surface area (Å²) in [6.07, 6.45) is 8.54. The molecule has 5 aliphatic rings. The van der Waals surface area contributed by atoms with Gasteiger partial charge in [-0.3, -0.25) is 9.47 Å². The first kappa shape index (κ1) is 24.0. The number of hydrogen-bond acceptors (Lipinski definition) is 11. The molecule has 2 spiro atoms. The van der Waals surface area contributed by atoms with Crippen LogP contribution in [0.5, 0.6) is 0 Å². The predicted octanol–water partition coefficient (Wildman–Crippen LogP) is 3.25. The van der Waals surface area contributed by atoms with Crippen LogP contribution in [0.2, 0.25) is 10.6 Å². The van der Waals surface area contributed by atoms with E-state index < -0.39 is 0 Å². The van der Waals surface area contributed by atoms with E-state index in [0.717, 1.165) is 79.6 Å². The summed E-state index contributed by atoms with van der Waals surface area (Å²) in [6.45, 7) is 2.79. The number of anilines is 3. The second kappa shape index (κ2) is 8.60. The molecule has 39 heavy (non-hydrogen) atoms. The summed E-state index contributed by atoms with van der Waals surface area (Å²) in [6, 6.07) is 0. The van der Waals surface area contributed by atoms with Crippen LogP contribution in [-0.4, -0.2) is 86.5 Å². The third kappa shape index (κ3) is 3.51. The lowest BCUT2D eigenvalue weighted by Crippen LogP contribution is -2.53. The van der Waals surface area contributed by atoms with Crippen molar-refractivity contribution in [3.05, 3.63) is 23.0 Å². The number of aromatic nitrogens is 6. The lowest BCUT2D eigenvalue weighted by Gasteiger charge is -2.40. The second-order valence-electron chi connectivity index (χ2n) is 11.2. The molecule has 2 saturated heterocycles. The first-order valence-corrected chi connectivity index (χ1v) is 14.2. The topological polar surface area (TPSA) is 119 Å². The normalized spacial score (nSPS) is 31.7. The van der Waals surface area contributed by atoms with Gasteiger partial charge in [0, 0.05) is 39.6 Å². The number of ether oxygens (including phenoxy) is 2. The SMILES string of the molecule is CN1C2=NCC3(CCCOC(C4CC5(CCCO4)CNc4nc6cnc(Cl)nc6n45)C3)N2c2nc(Cl)ncc21. The number of imidazole rings is 1. The lowest BCUT2D eigenvalue weighted by atomic mass is 9.82. The molecular weight excluding hydrogens is 543 g/mol. The van der Waals surface area contributed by atoms with Gasteiger partial charge in [-0.1, -0.05) is 0 Å². The predicted molar refractivity (Wildman–Crippen MR) is 147 cm³/mol. The Morgan fingerprint density at radius 2 is 1.67 bits per heavy atom. The molecule has 0 saturated carbocycles. The fourth-order valence-corrected chi connectivity index (χ4v) is 7.53. The van der Waals surface area contributed by atoms with E-state index >= 15 is 0 Å². The van der Waals surface area contributed by atoms with Gasteiger partial charge in [0.1, 0.15) is 11.2 Å². The monoisotopic (exact) mass is 570 g/mol. The Kier molecular flexibility index (Phi) is 5.30. The zero-order valence-corrected chi connectivity index (χ0v) is 23.0. The molecule has 3 aromatic heterocycles. The zero-order valence-electron chi connectivity index (χ0n) is 21.5. The van der Waals surface area contributed by atoms with Crippen LogP contribution in [0.3, 0.4) is 0 Å². The fraction of sp³-hybridized carbons (Fsp3) is 0.600. The molecule has 12 nitrogen and oxygen atoms in total. The minimum atomic E-state index is -0.266. The van der Waals surface area contributed by atoms with Gasteiger partial charge in [0.15, 0.2) is 11.5 Å². The number of halogens is 2. The van der Waals surface area contributed by atoms with Crippen molar-refractivity contribution >= 4 is 57.8 Å². The molecule has 0 amide bonds. The molecule has 0 aliphatic carbocycles. The zero-order chi connectivity index (χ0) is 26.4. The molecule has 4 atom stereocenters. The summed E-state index contributed by atoms with van der Waals surface area (Å²) >= 11 is 12.5. The van der Waals surface area contributed by atoms with Crippen LogP contribution in [0.1, 0.15) is 38.5 Å². The van der Waals surface area contributed by atoms with Crippen LogP contribution in [0.25, 0.3) is 11.2 Å². The standard InChI is InChI=1S/C25H28Cl2N10O2/c1-35-15-11-29-21(27)34-19(15)37-23(35)31-13-25(37)5-3-7-39-17(9-25)16-8-24(4-2-6-38-16)12-30-22-32-14-10-28-20(26)33-18(14)36(22)24/h10-11,16-17H,2-9,12-13H2,1H3,(H,30,32). The minimum Gasteiger partial charge on any atom is -0.375 e. The van der Waals surface area contributed by atoms with E-state index in [1.165, 1.54) is 0 Å². The van der Waals surface area contributed by atoms with Crippen LogP contribution < -0.4 is 15.1 Å². The maximum absolute atomic E-state index is 6.58. The van der Waals surface area contributed by atoms with Crippen LogP contribution >= 0.6 is 23.2 Å². The summed E-state index contributed by atoms with van der Waals surface area (Å²) in [4.78, 5) is 31.6. The van der Waals surface area contributed by atoms with Gasteiger partial charge in [-0.25, -0.2) is 19.9 Å². The lowest BCUT2D eigenvalue weighted by molar-refractivity contribution is -0.0795. The quantitative estimate of drug-likeness (QED) is 0.436. The minimum absolute atomic E-state index is 0.108. The van der Waals surface area contributed by atoms with Crippen molar-refractivity contribution in [3.8, 4) is 0 Å². The molecule has 0 radical (unpaired) electrons. The number of nitrogens with one attached hydrogen (secondary N) is 1. The highest BCUT2D eigenvalue weighted by Crippen LogP contribution is 2.48. The van der Waals surface area contributed by atoms with Crippen LogP contribution in [0.15, 0.2) is 17.4 Å². The van der Waals surface area contributed by atoms with Crippen molar-refractivity contribution in [1.29, 1.82) is 0 Å². The number of hydrogen-bond donors (Lipinski definition) is 1. The summed E-state index contributed by atoms with van der Waals surface area (Å²) in [5.74, 6) is 2.52. The van der Waals surface area contributed by atoms with Gasteiger partial charge < -0.3 is 19.7 Å². The largest absolute Gasteiger partial charge is 0.375 e. The Bertz CT molecular complexity index is 1520. The highest BCUT2D eigenvalue weighted by Gasteiger charge is 2.54. The molecule has 8 rings (SSSR count). The Morgan fingerprint density at radius 3 is 2.49 bits per heavy atom. The number of aliphatic imine (C=N–C) groups is 1. The third-order valence-electron chi connectivity index (χ3n) is 9.02. The second-order valence-corrected chi connectivity index (χ2v) is 11.9. The van der Waals surface area contributed by atoms with E-state index in [0.29, 0.717) is 19.8 Å². The van der Waals surface area contributed by atoms with Crippen molar-refractivity contribution in [1.82, 2.24) is 29.5 Å². The fourth-order valence-electron chi connectivity index (χ4n) is 7.28. The first-order valence-electron chi connectivity index (χ1n) is 13.5. The Morgan fingerprint density at radius 1 is 0.949 bits per heavy atom. The van der Waals surface area contributed by atoms with Crippen molar-refractivity contribution in [2.75, 3.05) is 48.5 Å². The van der Waals surface area contributed by atoms with Crippen molar-refractivity contribution in [2.24, 2.45) is 4.99 Å². The molecule has 8 heterocycles. The Labute approximate surface area is 234 Å². The van der Waals surface area contributed by atoms with Crippen LogP contribution in [0, 0.1) is 0 Å². The maximum atomic E-state index is 6.58. The van der Waals surface area contributed by atoms with E-state index in [1.54, 1.807) is 12.4 Å². The van der Waals surface area contributed by atoms with E-state index in [-0.39, 0.29) is 33.9 Å². The van der Waals surface area contributed by atoms with E-state index in [9.17, 15) is 0 Å². The molecule has 1 N–H and O–H groups in total. The van der Waals surface area contributed by atoms with Crippen LogP contribution in [0.4, 0.5) is 17.5 Å². The van der Waals surface area contributed by atoms with E-state index in [2.05, 4.69) is 39.6 Å². The third-order valence-corrected chi connectivity index (χ3v) is 9.38. The summed E-state index contributed by atoms with van der Waals surface area (Å²) in [7, 11) is 2.01. The molecule has 0 aromatic carbocycles. The smallest absolute Gasteiger partial charge is 0.224 e. The Balaban J connectivity index is 1.14. The molecule has 0 bridgehead atoms. The Hall–Kier alpha value is -2.80.